The molecule has 142 valence electrons. The summed E-state index contributed by atoms with van der Waals surface area (Å²) < 4.78 is 15.8. The highest BCUT2D eigenvalue weighted by Gasteiger charge is 2.15. The second-order valence-corrected chi connectivity index (χ2v) is 6.88. The number of rotatable bonds is 11. The Kier molecular flexibility index (Phi) is 8.53. The fourth-order valence-corrected chi connectivity index (χ4v) is 3.14. The Balaban J connectivity index is 1.91. The lowest BCUT2D eigenvalue weighted by Crippen LogP contribution is -2.34. The van der Waals surface area contributed by atoms with Crippen LogP contribution in [0.1, 0.15) is 22.7 Å². The van der Waals surface area contributed by atoms with Crippen molar-refractivity contribution in [2.45, 2.75) is 26.5 Å². The van der Waals surface area contributed by atoms with Crippen LogP contribution in [-0.2, 0) is 27.4 Å². The van der Waals surface area contributed by atoms with Crippen LogP contribution in [-0.4, -0.2) is 49.8 Å². The minimum atomic E-state index is -0.0471. The molecule has 1 aromatic carbocycles. The summed E-state index contributed by atoms with van der Waals surface area (Å²) in [6.07, 6.45) is 0.777. The first kappa shape index (κ1) is 20.4. The van der Waals surface area contributed by atoms with Gasteiger partial charge in [-0.1, -0.05) is 12.1 Å². The minimum absolute atomic E-state index is 0.0471. The summed E-state index contributed by atoms with van der Waals surface area (Å²) in [6.45, 7) is 4.22. The van der Waals surface area contributed by atoms with Crippen LogP contribution in [0, 0.1) is 6.92 Å². The molecule has 0 saturated heterocycles. The zero-order chi connectivity index (χ0) is 18.8. The number of benzene rings is 1. The van der Waals surface area contributed by atoms with Crippen molar-refractivity contribution < 1.29 is 19.0 Å². The lowest BCUT2D eigenvalue weighted by molar-refractivity contribution is -0.136. The average molecular weight is 378 g/mol. The van der Waals surface area contributed by atoms with Gasteiger partial charge in [-0.25, -0.2) is 4.98 Å². The molecule has 0 aliphatic heterocycles. The Bertz CT molecular complexity index is 690. The van der Waals surface area contributed by atoms with Gasteiger partial charge in [0.05, 0.1) is 12.2 Å². The number of amides is 1. The highest BCUT2D eigenvalue weighted by Crippen LogP contribution is 2.17. The molecule has 0 aliphatic rings. The van der Waals surface area contributed by atoms with Crippen LogP contribution in [0.2, 0.25) is 0 Å². The van der Waals surface area contributed by atoms with E-state index in [0.29, 0.717) is 26.3 Å². The molecular weight excluding hydrogens is 352 g/mol. The second kappa shape index (κ2) is 10.9. The van der Waals surface area contributed by atoms with Crippen molar-refractivity contribution in [3.63, 3.8) is 0 Å². The zero-order valence-electron chi connectivity index (χ0n) is 15.6. The molecule has 1 heterocycles. The quantitative estimate of drug-likeness (QED) is 0.563. The number of aromatic nitrogens is 1. The van der Waals surface area contributed by atoms with Gasteiger partial charge in [0, 0.05) is 32.8 Å². The fraction of sp³-hybridized carbons (Fsp3) is 0.474. The van der Waals surface area contributed by atoms with E-state index in [4.69, 9.17) is 14.2 Å². The smallest absolute Gasteiger partial charge is 0.248 e. The van der Waals surface area contributed by atoms with Crippen LogP contribution in [0.5, 0.6) is 5.75 Å². The van der Waals surface area contributed by atoms with Gasteiger partial charge in [-0.2, -0.15) is 0 Å². The molecule has 7 heteroatoms. The number of hydrogen-bond acceptors (Lipinski definition) is 6. The van der Waals surface area contributed by atoms with Crippen molar-refractivity contribution in [1.29, 1.82) is 0 Å². The van der Waals surface area contributed by atoms with Gasteiger partial charge in [-0.05, 0) is 31.0 Å². The number of carbonyl (C=O) groups excluding carboxylic acids is 1. The van der Waals surface area contributed by atoms with Crippen LogP contribution in [0.15, 0.2) is 29.6 Å². The van der Waals surface area contributed by atoms with Crippen molar-refractivity contribution in [3.05, 3.63) is 45.9 Å². The molecule has 0 bridgehead atoms. The van der Waals surface area contributed by atoms with Crippen LogP contribution in [0.3, 0.4) is 0 Å². The third kappa shape index (κ3) is 6.74. The first-order valence-electron chi connectivity index (χ1n) is 8.50. The normalized spacial score (nSPS) is 10.7. The largest absolute Gasteiger partial charge is 0.486 e. The maximum absolute atomic E-state index is 12.2. The Hall–Kier alpha value is -1.96. The molecule has 2 aromatic rings. The Labute approximate surface area is 158 Å². The Morgan fingerprint density at radius 1 is 1.27 bits per heavy atom. The molecule has 26 heavy (non-hydrogen) atoms. The van der Waals surface area contributed by atoms with Gasteiger partial charge >= 0.3 is 0 Å². The van der Waals surface area contributed by atoms with E-state index in [0.717, 1.165) is 28.4 Å². The zero-order valence-corrected chi connectivity index (χ0v) is 16.4. The van der Waals surface area contributed by atoms with Gasteiger partial charge in [0.1, 0.15) is 24.0 Å². The van der Waals surface area contributed by atoms with Crippen molar-refractivity contribution in [2.24, 2.45) is 0 Å². The Morgan fingerprint density at radius 3 is 2.85 bits per heavy atom. The predicted molar refractivity (Wildman–Crippen MR) is 101 cm³/mol. The van der Waals surface area contributed by atoms with Gasteiger partial charge in [-0.15, -0.1) is 11.3 Å². The van der Waals surface area contributed by atoms with Gasteiger partial charge in [-0.3, -0.25) is 4.79 Å². The number of thiazole rings is 1. The highest BCUT2D eigenvalue weighted by atomic mass is 32.1. The molecule has 0 N–H and O–H groups in total. The number of nitrogens with zero attached hydrogens (tertiary/aromatic N) is 2. The lowest BCUT2D eigenvalue weighted by atomic mass is 10.2. The maximum atomic E-state index is 12.2. The summed E-state index contributed by atoms with van der Waals surface area (Å²) in [5, 5.41) is 2.86. The molecule has 0 aliphatic carbocycles. The fourth-order valence-electron chi connectivity index (χ4n) is 2.44. The van der Waals surface area contributed by atoms with Gasteiger partial charge in [0.2, 0.25) is 5.91 Å². The number of carbonyl (C=O) groups is 1. The number of aryl methyl sites for hydroxylation is 1. The SMILES string of the molecule is COCCCN(Cc1csc(COc2cccc(C)c2)n1)C(=O)COC. The van der Waals surface area contributed by atoms with Gasteiger partial charge in [0.15, 0.2) is 0 Å². The van der Waals surface area contributed by atoms with Crippen LogP contribution in [0.4, 0.5) is 0 Å². The molecule has 0 fully saturated rings. The number of ether oxygens (including phenoxy) is 3. The van der Waals surface area contributed by atoms with Crippen molar-refractivity contribution >= 4 is 17.2 Å². The van der Waals surface area contributed by atoms with E-state index in [2.05, 4.69) is 4.98 Å². The standard InChI is InChI=1S/C19H26N2O4S/c1-15-6-4-7-17(10-15)25-12-18-20-16(14-26-18)11-21(8-5-9-23-2)19(22)13-24-3/h4,6-7,10,14H,5,8-9,11-13H2,1-3H3. The third-order valence-electron chi connectivity index (χ3n) is 3.70. The molecule has 1 aromatic heterocycles. The molecule has 6 nitrogen and oxygen atoms in total. The number of methoxy groups -OCH3 is 2. The molecule has 2 rings (SSSR count). The topological polar surface area (TPSA) is 60.9 Å². The average Bonchev–Trinajstić information content (AvgIpc) is 3.07. The predicted octanol–water partition coefficient (Wildman–Crippen LogP) is 3.04. The number of hydrogen-bond donors (Lipinski definition) is 0. The first-order valence-corrected chi connectivity index (χ1v) is 9.38. The molecule has 0 atom stereocenters. The van der Waals surface area contributed by atoms with E-state index in [1.807, 2.05) is 36.6 Å². The van der Waals surface area contributed by atoms with E-state index in [1.165, 1.54) is 18.4 Å². The van der Waals surface area contributed by atoms with E-state index in [-0.39, 0.29) is 12.5 Å². The summed E-state index contributed by atoms with van der Waals surface area (Å²) in [6, 6.07) is 7.93. The van der Waals surface area contributed by atoms with E-state index in [9.17, 15) is 4.79 Å². The molecule has 0 saturated carbocycles. The second-order valence-electron chi connectivity index (χ2n) is 5.93. The van der Waals surface area contributed by atoms with Gasteiger partial charge < -0.3 is 19.1 Å². The molecule has 0 spiro atoms. The summed E-state index contributed by atoms with van der Waals surface area (Å²) >= 11 is 1.54. The minimum Gasteiger partial charge on any atom is -0.486 e. The Morgan fingerprint density at radius 2 is 2.12 bits per heavy atom. The maximum Gasteiger partial charge on any atom is 0.248 e. The lowest BCUT2D eigenvalue weighted by Gasteiger charge is -2.21. The van der Waals surface area contributed by atoms with Crippen LogP contribution >= 0.6 is 11.3 Å². The van der Waals surface area contributed by atoms with Crippen molar-refractivity contribution in [2.75, 3.05) is 34.0 Å². The summed E-state index contributed by atoms with van der Waals surface area (Å²) in [4.78, 5) is 18.5. The summed E-state index contributed by atoms with van der Waals surface area (Å²) in [7, 11) is 3.18. The first-order chi connectivity index (χ1) is 12.6. The molecule has 0 radical (unpaired) electrons. The third-order valence-corrected chi connectivity index (χ3v) is 4.57. The van der Waals surface area contributed by atoms with Crippen LogP contribution < -0.4 is 4.74 Å². The van der Waals surface area contributed by atoms with E-state index < -0.39 is 0 Å². The van der Waals surface area contributed by atoms with E-state index >= 15 is 0 Å². The molecule has 0 unspecified atom stereocenters. The van der Waals surface area contributed by atoms with Crippen molar-refractivity contribution in [3.8, 4) is 5.75 Å². The monoisotopic (exact) mass is 378 g/mol. The summed E-state index contributed by atoms with van der Waals surface area (Å²) in [5.74, 6) is 0.785. The van der Waals surface area contributed by atoms with Crippen LogP contribution in [0.25, 0.3) is 0 Å². The highest BCUT2D eigenvalue weighted by molar-refractivity contribution is 7.09. The van der Waals surface area contributed by atoms with E-state index in [1.54, 1.807) is 12.0 Å². The summed E-state index contributed by atoms with van der Waals surface area (Å²) in [5.41, 5.74) is 2.02. The van der Waals surface area contributed by atoms with Crippen molar-refractivity contribution in [1.82, 2.24) is 9.88 Å². The molecule has 1 amide bonds. The van der Waals surface area contributed by atoms with Gasteiger partial charge in [0.25, 0.3) is 0 Å². The molecular formula is C19H26N2O4S.